The second kappa shape index (κ2) is 8.15. The Bertz CT molecular complexity index is 1010. The second-order valence-corrected chi connectivity index (χ2v) is 11.5. The molecule has 4 atom stereocenters. The van der Waals surface area contributed by atoms with Crippen molar-refractivity contribution in [2.75, 3.05) is 6.54 Å². The number of hydrogen-bond acceptors (Lipinski definition) is 4. The maximum atomic E-state index is 13.1. The van der Waals surface area contributed by atoms with E-state index in [1.165, 1.54) is 11.1 Å². The molecule has 0 unspecified atom stereocenters. The molecule has 0 spiro atoms. The van der Waals surface area contributed by atoms with Gasteiger partial charge in [0, 0.05) is 30.6 Å². The number of ether oxygens (including phenoxy) is 2. The van der Waals surface area contributed by atoms with Crippen LogP contribution in [-0.2, 0) is 21.4 Å². The normalized spacial score (nSPS) is 28.0. The highest BCUT2D eigenvalue weighted by molar-refractivity contribution is 5.77. The lowest BCUT2D eigenvalue weighted by Gasteiger charge is -2.51. The van der Waals surface area contributed by atoms with Crippen LogP contribution in [0.1, 0.15) is 83.1 Å². The van der Waals surface area contributed by atoms with E-state index in [0.29, 0.717) is 6.42 Å². The van der Waals surface area contributed by atoms with Crippen molar-refractivity contribution in [3.8, 4) is 5.75 Å². The average Bonchev–Trinajstić information content (AvgIpc) is 3.41. The van der Waals surface area contributed by atoms with Gasteiger partial charge in [-0.2, -0.15) is 5.10 Å². The van der Waals surface area contributed by atoms with E-state index in [1.807, 2.05) is 12.4 Å². The van der Waals surface area contributed by atoms with Gasteiger partial charge in [-0.15, -0.1) is 0 Å². The molecule has 1 aromatic heterocycles. The Morgan fingerprint density at radius 3 is 2.85 bits per heavy atom. The van der Waals surface area contributed by atoms with Crippen LogP contribution in [0.3, 0.4) is 0 Å². The molecule has 178 valence electrons. The molecule has 6 nitrogen and oxygen atoms in total. The SMILES string of the molecule is CC(C)(C)c1ccc2c(c1)[C@H]1O[C@H]3CCN(C(=O)CCCc4cn[nH]c4)[C@H]3C[C@@H]1C(C)(C)O2. The number of likely N-dealkylation sites (tertiary alicyclic amines) is 1. The number of aromatic amines is 1. The number of nitrogens with zero attached hydrogens (tertiary/aromatic N) is 2. The first-order valence-corrected chi connectivity index (χ1v) is 12.4. The summed E-state index contributed by atoms with van der Waals surface area (Å²) in [6, 6.07) is 6.73. The Kier molecular flexibility index (Phi) is 5.55. The number of H-pyrrole nitrogens is 1. The summed E-state index contributed by atoms with van der Waals surface area (Å²) in [6.45, 7) is 11.8. The van der Waals surface area contributed by atoms with Crippen molar-refractivity contribution in [2.45, 2.75) is 96.0 Å². The zero-order valence-electron chi connectivity index (χ0n) is 20.6. The van der Waals surface area contributed by atoms with Gasteiger partial charge in [0.25, 0.3) is 0 Å². The average molecular weight is 452 g/mol. The van der Waals surface area contributed by atoms with E-state index < -0.39 is 0 Å². The van der Waals surface area contributed by atoms with Crippen LogP contribution in [0.25, 0.3) is 0 Å². The Hall–Kier alpha value is -2.34. The molecular weight excluding hydrogens is 414 g/mol. The Labute approximate surface area is 197 Å². The number of nitrogens with one attached hydrogen (secondary N) is 1. The molecule has 0 radical (unpaired) electrons. The number of rotatable bonds is 4. The van der Waals surface area contributed by atoms with Crippen molar-refractivity contribution >= 4 is 5.91 Å². The van der Waals surface area contributed by atoms with E-state index in [2.05, 4.69) is 67.9 Å². The quantitative estimate of drug-likeness (QED) is 0.714. The van der Waals surface area contributed by atoms with Gasteiger partial charge in [0.15, 0.2) is 0 Å². The Morgan fingerprint density at radius 1 is 1.30 bits per heavy atom. The standard InChI is InChI=1S/C27H37N3O3/c1-26(2,3)18-9-10-22-19(13-18)25-20(27(4,5)33-22)14-21-23(32-25)11-12-30(21)24(31)8-6-7-17-15-28-29-16-17/h9-10,13,15-16,20-21,23,25H,6-8,11-12,14H2,1-5H3,(H,28,29)/t20-,21-,23-,25+/m0/s1. The van der Waals surface area contributed by atoms with E-state index >= 15 is 0 Å². The van der Waals surface area contributed by atoms with Crippen molar-refractivity contribution in [2.24, 2.45) is 5.92 Å². The first-order valence-electron chi connectivity index (χ1n) is 12.4. The van der Waals surface area contributed by atoms with E-state index in [-0.39, 0.29) is 41.1 Å². The van der Waals surface area contributed by atoms with Crippen LogP contribution in [0.15, 0.2) is 30.6 Å². The summed E-state index contributed by atoms with van der Waals surface area (Å²) >= 11 is 0. The molecule has 4 heterocycles. The maximum Gasteiger partial charge on any atom is 0.222 e. The van der Waals surface area contributed by atoms with Gasteiger partial charge in [-0.1, -0.05) is 26.8 Å². The van der Waals surface area contributed by atoms with Gasteiger partial charge in [0.05, 0.1) is 24.4 Å². The summed E-state index contributed by atoms with van der Waals surface area (Å²) in [5, 5.41) is 6.83. The minimum absolute atomic E-state index is 0.0171. The van der Waals surface area contributed by atoms with Gasteiger partial charge in [0.2, 0.25) is 5.91 Å². The molecule has 33 heavy (non-hydrogen) atoms. The zero-order chi connectivity index (χ0) is 23.4. The topological polar surface area (TPSA) is 67.5 Å². The van der Waals surface area contributed by atoms with Crippen LogP contribution in [0.2, 0.25) is 0 Å². The molecule has 2 saturated heterocycles. The number of fused-ring (bicyclic) bond motifs is 4. The summed E-state index contributed by atoms with van der Waals surface area (Å²) in [4.78, 5) is 15.2. The lowest BCUT2D eigenvalue weighted by molar-refractivity contribution is -0.167. The molecule has 0 bridgehead atoms. The number of aryl methyl sites for hydroxylation is 1. The van der Waals surface area contributed by atoms with Crippen molar-refractivity contribution in [1.29, 1.82) is 0 Å². The molecule has 2 aromatic rings. The zero-order valence-corrected chi connectivity index (χ0v) is 20.6. The molecule has 2 fully saturated rings. The summed E-state index contributed by atoms with van der Waals surface area (Å²) in [5.74, 6) is 1.40. The van der Waals surface area contributed by atoms with E-state index in [4.69, 9.17) is 9.47 Å². The second-order valence-electron chi connectivity index (χ2n) is 11.5. The summed E-state index contributed by atoms with van der Waals surface area (Å²) < 4.78 is 13.3. The highest BCUT2D eigenvalue weighted by Crippen LogP contribution is 2.53. The van der Waals surface area contributed by atoms with Crippen molar-refractivity contribution in [3.63, 3.8) is 0 Å². The highest BCUT2D eigenvalue weighted by atomic mass is 16.5. The molecular formula is C27H37N3O3. The predicted molar refractivity (Wildman–Crippen MR) is 127 cm³/mol. The van der Waals surface area contributed by atoms with Gasteiger partial charge in [-0.05, 0) is 68.2 Å². The van der Waals surface area contributed by atoms with Crippen LogP contribution < -0.4 is 4.74 Å². The fourth-order valence-electron chi connectivity index (χ4n) is 5.87. The monoisotopic (exact) mass is 451 g/mol. The third-order valence-corrected chi connectivity index (χ3v) is 7.85. The minimum atomic E-state index is -0.343. The van der Waals surface area contributed by atoms with Crippen molar-refractivity contribution in [3.05, 3.63) is 47.3 Å². The number of hydrogen-bond donors (Lipinski definition) is 1. The van der Waals surface area contributed by atoms with Crippen LogP contribution in [0.5, 0.6) is 5.75 Å². The number of amides is 1. The predicted octanol–water partition coefficient (Wildman–Crippen LogP) is 4.95. The van der Waals surface area contributed by atoms with E-state index in [9.17, 15) is 4.79 Å². The number of carbonyl (C=O) groups is 1. The third kappa shape index (κ3) is 4.18. The molecule has 3 aliphatic rings. The van der Waals surface area contributed by atoms with Gasteiger partial charge in [0.1, 0.15) is 11.4 Å². The molecule has 0 aliphatic carbocycles. The number of benzene rings is 1. The summed E-state index contributed by atoms with van der Waals surface area (Å²) in [7, 11) is 0. The van der Waals surface area contributed by atoms with E-state index in [1.54, 1.807) is 0 Å². The summed E-state index contributed by atoms with van der Waals surface area (Å²) in [5.41, 5.74) is 3.36. The van der Waals surface area contributed by atoms with Crippen molar-refractivity contribution in [1.82, 2.24) is 15.1 Å². The molecule has 6 heteroatoms. The van der Waals surface area contributed by atoms with Crippen LogP contribution in [-0.4, -0.2) is 45.3 Å². The van der Waals surface area contributed by atoms with Crippen LogP contribution in [0, 0.1) is 5.92 Å². The third-order valence-electron chi connectivity index (χ3n) is 7.85. The smallest absolute Gasteiger partial charge is 0.222 e. The summed E-state index contributed by atoms with van der Waals surface area (Å²) in [6.07, 6.45) is 7.98. The Balaban J connectivity index is 1.33. The van der Waals surface area contributed by atoms with Crippen LogP contribution >= 0.6 is 0 Å². The lowest BCUT2D eigenvalue weighted by atomic mass is 9.73. The maximum absolute atomic E-state index is 13.1. The first-order chi connectivity index (χ1) is 15.6. The molecule has 5 rings (SSSR count). The fraction of sp³-hybridized carbons (Fsp3) is 0.630. The van der Waals surface area contributed by atoms with Gasteiger partial charge >= 0.3 is 0 Å². The molecule has 0 saturated carbocycles. The van der Waals surface area contributed by atoms with Gasteiger partial charge in [-0.25, -0.2) is 0 Å². The molecule has 1 N–H and O–H groups in total. The first kappa shape index (κ1) is 22.5. The lowest BCUT2D eigenvalue weighted by Crippen LogP contribution is -2.54. The number of carbonyl (C=O) groups excluding carboxylic acids is 1. The molecule has 3 aliphatic heterocycles. The Morgan fingerprint density at radius 2 is 2.12 bits per heavy atom. The number of aromatic nitrogens is 2. The molecule has 1 amide bonds. The van der Waals surface area contributed by atoms with Gasteiger partial charge < -0.3 is 14.4 Å². The largest absolute Gasteiger partial charge is 0.487 e. The van der Waals surface area contributed by atoms with Gasteiger partial charge in [-0.3, -0.25) is 9.89 Å². The minimum Gasteiger partial charge on any atom is -0.487 e. The molecule has 1 aromatic carbocycles. The fourth-order valence-corrected chi connectivity index (χ4v) is 5.87. The highest BCUT2D eigenvalue weighted by Gasteiger charge is 2.53. The van der Waals surface area contributed by atoms with Crippen molar-refractivity contribution < 1.29 is 14.3 Å². The van der Waals surface area contributed by atoms with Crippen LogP contribution in [0.4, 0.5) is 0 Å². The van der Waals surface area contributed by atoms with E-state index in [0.717, 1.165) is 43.5 Å².